The van der Waals surface area contributed by atoms with Crippen molar-refractivity contribution >= 4 is 11.8 Å². The molecule has 2 heteroatoms. The van der Waals surface area contributed by atoms with Crippen molar-refractivity contribution in [3.63, 3.8) is 0 Å². The number of benzene rings is 1. The van der Waals surface area contributed by atoms with Gasteiger partial charge in [0.25, 0.3) is 0 Å². The summed E-state index contributed by atoms with van der Waals surface area (Å²) in [5.74, 6) is 2.12. The maximum Gasteiger partial charge on any atom is 0.0412 e. The summed E-state index contributed by atoms with van der Waals surface area (Å²) in [5, 5.41) is 4.37. The summed E-state index contributed by atoms with van der Waals surface area (Å²) >= 11 is 2.17. The number of nitrogens with one attached hydrogen (secondary N) is 1. The van der Waals surface area contributed by atoms with Gasteiger partial charge in [-0.1, -0.05) is 44.0 Å². The van der Waals surface area contributed by atoms with Crippen LogP contribution in [0.2, 0.25) is 0 Å². The molecule has 106 valence electrons. The van der Waals surface area contributed by atoms with Crippen molar-refractivity contribution in [1.29, 1.82) is 0 Å². The van der Waals surface area contributed by atoms with Crippen LogP contribution >= 0.6 is 11.8 Å². The molecule has 2 rings (SSSR count). The smallest absolute Gasteiger partial charge is 0.0412 e. The van der Waals surface area contributed by atoms with E-state index in [0.717, 1.165) is 11.2 Å². The molecule has 1 N–H and O–H groups in total. The van der Waals surface area contributed by atoms with Gasteiger partial charge in [0, 0.05) is 17.0 Å². The van der Waals surface area contributed by atoms with Crippen molar-refractivity contribution in [3.05, 3.63) is 35.4 Å². The molecular weight excluding hydrogens is 250 g/mol. The molecule has 19 heavy (non-hydrogen) atoms. The molecule has 3 unspecified atom stereocenters. The maximum absolute atomic E-state index is 3.49. The predicted molar refractivity (Wildman–Crippen MR) is 86.9 cm³/mol. The zero-order chi connectivity index (χ0) is 13.7. The Morgan fingerprint density at radius 2 is 2.11 bits per heavy atom. The van der Waals surface area contributed by atoms with Gasteiger partial charge in [0.2, 0.25) is 0 Å². The highest BCUT2D eigenvalue weighted by atomic mass is 32.2. The Bertz CT molecular complexity index is 391. The van der Waals surface area contributed by atoms with E-state index >= 15 is 0 Å². The molecule has 0 heterocycles. The van der Waals surface area contributed by atoms with E-state index in [1.807, 2.05) is 0 Å². The second kappa shape index (κ2) is 7.35. The summed E-state index contributed by atoms with van der Waals surface area (Å²) in [7, 11) is 2.08. The Labute approximate surface area is 122 Å². The lowest BCUT2D eigenvalue weighted by Crippen LogP contribution is -2.22. The van der Waals surface area contributed by atoms with Crippen LogP contribution < -0.4 is 5.32 Å². The van der Waals surface area contributed by atoms with Crippen LogP contribution in [0.25, 0.3) is 0 Å². The molecule has 1 aromatic rings. The molecule has 0 spiro atoms. The molecule has 0 bridgehead atoms. The number of rotatable bonds is 5. The summed E-state index contributed by atoms with van der Waals surface area (Å²) in [6, 6.07) is 9.25. The van der Waals surface area contributed by atoms with Crippen LogP contribution in [-0.2, 0) is 0 Å². The molecule has 0 amide bonds. The topological polar surface area (TPSA) is 12.0 Å². The minimum Gasteiger partial charge on any atom is -0.312 e. The Balaban J connectivity index is 1.91. The van der Waals surface area contributed by atoms with Gasteiger partial charge in [0.15, 0.2) is 0 Å². The van der Waals surface area contributed by atoms with E-state index in [-0.39, 0.29) is 0 Å². The van der Waals surface area contributed by atoms with Gasteiger partial charge in [0.05, 0.1) is 0 Å². The van der Waals surface area contributed by atoms with Crippen LogP contribution in [0.1, 0.15) is 49.8 Å². The van der Waals surface area contributed by atoms with Crippen LogP contribution in [-0.4, -0.2) is 18.1 Å². The fraction of sp³-hybridized carbons (Fsp3) is 0.647. The third-order valence-corrected chi connectivity index (χ3v) is 5.72. The van der Waals surface area contributed by atoms with Crippen molar-refractivity contribution in [3.8, 4) is 0 Å². The third kappa shape index (κ3) is 4.25. The van der Waals surface area contributed by atoms with Gasteiger partial charge in [-0.05, 0) is 43.9 Å². The molecule has 1 fully saturated rings. The van der Waals surface area contributed by atoms with Gasteiger partial charge in [-0.3, -0.25) is 0 Å². The van der Waals surface area contributed by atoms with Gasteiger partial charge in [-0.2, -0.15) is 11.8 Å². The van der Waals surface area contributed by atoms with Gasteiger partial charge in [0.1, 0.15) is 0 Å². The highest BCUT2D eigenvalue weighted by Gasteiger charge is 2.21. The molecule has 1 saturated carbocycles. The van der Waals surface area contributed by atoms with Gasteiger partial charge < -0.3 is 5.32 Å². The van der Waals surface area contributed by atoms with Crippen molar-refractivity contribution in [1.82, 2.24) is 5.32 Å². The van der Waals surface area contributed by atoms with Crippen LogP contribution in [0.4, 0.5) is 0 Å². The minimum atomic E-state index is 0.489. The summed E-state index contributed by atoms with van der Waals surface area (Å²) in [6.45, 7) is 4.62. The van der Waals surface area contributed by atoms with E-state index in [0.29, 0.717) is 6.04 Å². The Hall–Kier alpha value is -0.470. The van der Waals surface area contributed by atoms with E-state index in [4.69, 9.17) is 0 Å². The highest BCUT2D eigenvalue weighted by molar-refractivity contribution is 7.99. The third-order valence-electron chi connectivity index (χ3n) is 4.30. The quantitative estimate of drug-likeness (QED) is 0.846. The van der Waals surface area contributed by atoms with Gasteiger partial charge in [-0.25, -0.2) is 0 Å². The Morgan fingerprint density at radius 3 is 2.79 bits per heavy atom. The van der Waals surface area contributed by atoms with Crippen LogP contribution in [0, 0.1) is 12.8 Å². The molecule has 3 atom stereocenters. The van der Waals surface area contributed by atoms with E-state index in [9.17, 15) is 0 Å². The normalized spacial score (nSPS) is 25.2. The van der Waals surface area contributed by atoms with E-state index in [1.165, 1.54) is 42.6 Å². The van der Waals surface area contributed by atoms with E-state index in [2.05, 4.69) is 62.2 Å². The largest absolute Gasteiger partial charge is 0.312 e. The highest BCUT2D eigenvalue weighted by Crippen LogP contribution is 2.34. The van der Waals surface area contributed by atoms with Crippen LogP contribution in [0.15, 0.2) is 24.3 Å². The molecule has 1 nitrogen and oxygen atoms in total. The summed E-state index contributed by atoms with van der Waals surface area (Å²) in [4.78, 5) is 0. The molecule has 1 aromatic carbocycles. The Kier molecular flexibility index (Phi) is 5.77. The molecule has 0 saturated heterocycles. The molecule has 0 aliphatic heterocycles. The molecular formula is C17H27NS. The molecule has 1 aliphatic carbocycles. The van der Waals surface area contributed by atoms with E-state index < -0.39 is 0 Å². The number of thioether (sulfide) groups is 1. The standard InChI is InChI=1S/C17H27NS/c1-13-7-6-9-15(11-13)19-12-17(18-3)16-10-5-4-8-14(16)2/h4-5,8,10,13,15,17-18H,6-7,9,11-12H2,1-3H3. The molecule has 1 aliphatic rings. The first-order valence-electron chi connectivity index (χ1n) is 7.55. The van der Waals surface area contributed by atoms with Crippen molar-refractivity contribution in [2.75, 3.05) is 12.8 Å². The van der Waals surface area contributed by atoms with Crippen molar-refractivity contribution in [2.24, 2.45) is 5.92 Å². The number of aryl methyl sites for hydroxylation is 1. The first-order valence-corrected chi connectivity index (χ1v) is 8.60. The second-order valence-corrected chi connectivity index (χ2v) is 7.26. The average Bonchev–Trinajstić information content (AvgIpc) is 2.41. The molecule has 0 radical (unpaired) electrons. The second-order valence-electron chi connectivity index (χ2n) is 5.92. The average molecular weight is 277 g/mol. The zero-order valence-electron chi connectivity index (χ0n) is 12.5. The summed E-state index contributed by atoms with van der Waals surface area (Å²) < 4.78 is 0. The first kappa shape index (κ1) is 14.9. The number of hydrogen-bond donors (Lipinski definition) is 1. The number of hydrogen-bond acceptors (Lipinski definition) is 2. The summed E-state index contributed by atoms with van der Waals surface area (Å²) in [5.41, 5.74) is 2.86. The van der Waals surface area contributed by atoms with Gasteiger partial charge in [-0.15, -0.1) is 0 Å². The fourth-order valence-corrected chi connectivity index (χ4v) is 4.68. The zero-order valence-corrected chi connectivity index (χ0v) is 13.3. The maximum atomic E-state index is 3.49. The fourth-order valence-electron chi connectivity index (χ4n) is 3.07. The monoisotopic (exact) mass is 277 g/mol. The predicted octanol–water partition coefficient (Wildman–Crippen LogP) is 4.57. The van der Waals surface area contributed by atoms with Crippen molar-refractivity contribution < 1.29 is 0 Å². The molecule has 0 aromatic heterocycles. The lowest BCUT2D eigenvalue weighted by atomic mass is 9.91. The SMILES string of the molecule is CNC(CSC1CCCC(C)C1)c1ccccc1C. The van der Waals surface area contributed by atoms with Gasteiger partial charge >= 0.3 is 0 Å². The lowest BCUT2D eigenvalue weighted by Gasteiger charge is -2.28. The minimum absolute atomic E-state index is 0.489. The van der Waals surface area contributed by atoms with Crippen LogP contribution in [0.3, 0.4) is 0 Å². The van der Waals surface area contributed by atoms with Crippen molar-refractivity contribution in [2.45, 2.75) is 50.8 Å². The summed E-state index contributed by atoms with van der Waals surface area (Å²) in [6.07, 6.45) is 5.69. The van der Waals surface area contributed by atoms with E-state index in [1.54, 1.807) is 0 Å². The first-order chi connectivity index (χ1) is 9.20. The lowest BCUT2D eigenvalue weighted by molar-refractivity contribution is 0.394. The van der Waals surface area contributed by atoms with Crippen LogP contribution in [0.5, 0.6) is 0 Å². The Morgan fingerprint density at radius 1 is 1.32 bits per heavy atom.